The van der Waals surface area contributed by atoms with Crippen LogP contribution in [-0.2, 0) is 0 Å². The number of nitrogens with zero attached hydrogens (tertiary/aromatic N) is 1. The Balaban J connectivity index is 3.23. The maximum Gasteiger partial charge on any atom is 0.0803 e. The molecule has 0 amide bonds. The molecule has 1 aromatic rings. The van der Waals surface area contributed by atoms with Gasteiger partial charge in [-0.1, -0.05) is 30.3 Å². The van der Waals surface area contributed by atoms with Gasteiger partial charge in [0.1, 0.15) is 0 Å². The molecule has 0 unspecified atom stereocenters. The van der Waals surface area contributed by atoms with Crippen LogP contribution in [0.2, 0.25) is 5.02 Å². The first kappa shape index (κ1) is 12.2. The van der Waals surface area contributed by atoms with E-state index in [1.807, 2.05) is 12.1 Å². The van der Waals surface area contributed by atoms with Crippen LogP contribution in [0, 0.1) is 5.41 Å². The fraction of sp³-hybridized carbons (Fsp3) is 0. The van der Waals surface area contributed by atoms with E-state index in [0.29, 0.717) is 16.3 Å². The van der Waals surface area contributed by atoms with Crippen LogP contribution in [0.4, 0.5) is 0 Å². The van der Waals surface area contributed by atoms with Crippen molar-refractivity contribution in [1.82, 2.24) is 0 Å². The zero-order valence-electron chi connectivity index (χ0n) is 8.65. The molecule has 0 saturated heterocycles. The van der Waals surface area contributed by atoms with E-state index < -0.39 is 0 Å². The van der Waals surface area contributed by atoms with E-state index >= 15 is 0 Å². The highest BCUT2D eigenvalue weighted by atomic mass is 35.5. The normalized spacial score (nSPS) is 12.3. The Morgan fingerprint density at radius 1 is 1.38 bits per heavy atom. The van der Waals surface area contributed by atoms with Crippen LogP contribution in [0.5, 0.6) is 0 Å². The Morgan fingerprint density at radius 3 is 2.44 bits per heavy atom. The van der Waals surface area contributed by atoms with Crippen molar-refractivity contribution in [2.75, 3.05) is 0 Å². The van der Waals surface area contributed by atoms with Crippen molar-refractivity contribution in [3.05, 3.63) is 59.4 Å². The lowest BCUT2D eigenvalue weighted by molar-refractivity contribution is 1.48. The van der Waals surface area contributed by atoms with Crippen molar-refractivity contribution < 1.29 is 0 Å². The van der Waals surface area contributed by atoms with Gasteiger partial charge < -0.3 is 11.1 Å². The predicted molar refractivity (Wildman–Crippen MR) is 69.2 cm³/mol. The molecule has 1 rings (SSSR count). The quantitative estimate of drug-likeness (QED) is 0.772. The fourth-order valence-corrected chi connectivity index (χ4v) is 1.34. The maximum atomic E-state index is 7.25. The third-order valence-corrected chi connectivity index (χ3v) is 2.20. The molecule has 16 heavy (non-hydrogen) atoms. The smallest absolute Gasteiger partial charge is 0.0803 e. The molecule has 0 saturated carbocycles. The average molecular weight is 234 g/mol. The van der Waals surface area contributed by atoms with Crippen LogP contribution in [0.1, 0.15) is 5.56 Å². The summed E-state index contributed by atoms with van der Waals surface area (Å²) in [6.45, 7) is 3.54. The maximum absolute atomic E-state index is 7.25. The van der Waals surface area contributed by atoms with Gasteiger partial charge in [0.2, 0.25) is 0 Å². The molecular weight excluding hydrogens is 222 g/mol. The Hall–Kier alpha value is -1.87. The molecule has 3 N–H and O–H groups in total. The third kappa shape index (κ3) is 2.81. The zero-order chi connectivity index (χ0) is 12.0. The van der Waals surface area contributed by atoms with Crippen LogP contribution in [0.3, 0.4) is 0 Å². The number of benzene rings is 1. The summed E-state index contributed by atoms with van der Waals surface area (Å²) < 4.78 is 0. The van der Waals surface area contributed by atoms with Gasteiger partial charge in [-0.25, -0.2) is 0 Å². The number of nitrogens with two attached hydrogens (primary N) is 1. The number of nitrogens with one attached hydrogen (secondary N) is 1. The fourth-order valence-electron chi connectivity index (χ4n) is 1.21. The lowest BCUT2D eigenvalue weighted by atomic mass is 10.0. The summed E-state index contributed by atoms with van der Waals surface area (Å²) in [7, 11) is 0. The molecule has 4 heteroatoms. The van der Waals surface area contributed by atoms with Crippen LogP contribution in [-0.4, -0.2) is 11.9 Å². The van der Waals surface area contributed by atoms with E-state index in [4.69, 9.17) is 22.7 Å². The lowest BCUT2D eigenvalue weighted by Gasteiger charge is -2.05. The molecule has 0 heterocycles. The van der Waals surface area contributed by atoms with E-state index in [1.165, 1.54) is 12.4 Å². The van der Waals surface area contributed by atoms with E-state index in [9.17, 15) is 0 Å². The zero-order valence-corrected chi connectivity index (χ0v) is 9.41. The molecule has 0 aliphatic rings. The van der Waals surface area contributed by atoms with Crippen molar-refractivity contribution in [3.8, 4) is 0 Å². The molecule has 0 aliphatic heterocycles. The number of allylic oxidation sites excluding steroid dienone is 1. The molecule has 1 aromatic carbocycles. The van der Waals surface area contributed by atoms with E-state index in [2.05, 4.69) is 11.6 Å². The van der Waals surface area contributed by atoms with E-state index in [1.54, 1.807) is 12.1 Å². The Kier molecular flexibility index (Phi) is 4.48. The summed E-state index contributed by atoms with van der Waals surface area (Å²) >= 11 is 5.80. The van der Waals surface area contributed by atoms with E-state index in [0.717, 1.165) is 11.8 Å². The molecule has 82 valence electrons. The largest absolute Gasteiger partial charge is 0.404 e. The highest BCUT2D eigenvalue weighted by Gasteiger charge is 2.06. The predicted octanol–water partition coefficient (Wildman–Crippen LogP) is 2.76. The van der Waals surface area contributed by atoms with Crippen molar-refractivity contribution in [1.29, 1.82) is 5.41 Å². The van der Waals surface area contributed by atoms with Gasteiger partial charge in [-0.15, -0.1) is 0 Å². The van der Waals surface area contributed by atoms with Gasteiger partial charge in [0.05, 0.1) is 5.71 Å². The second kappa shape index (κ2) is 5.88. The van der Waals surface area contributed by atoms with Crippen molar-refractivity contribution >= 4 is 23.5 Å². The molecule has 0 fully saturated rings. The molecule has 0 aliphatic carbocycles. The third-order valence-electron chi connectivity index (χ3n) is 1.95. The van der Waals surface area contributed by atoms with Crippen molar-refractivity contribution in [2.45, 2.75) is 0 Å². The minimum absolute atomic E-state index is 0.530. The van der Waals surface area contributed by atoms with Gasteiger partial charge >= 0.3 is 0 Å². The van der Waals surface area contributed by atoms with Crippen molar-refractivity contribution in [3.63, 3.8) is 0 Å². The summed E-state index contributed by atoms with van der Waals surface area (Å²) in [5, 5.41) is 7.89. The summed E-state index contributed by atoms with van der Waals surface area (Å²) in [6, 6.07) is 7.15. The summed E-state index contributed by atoms with van der Waals surface area (Å²) in [5.41, 5.74) is 7.40. The second-order valence-electron chi connectivity index (χ2n) is 2.93. The molecule has 0 radical (unpaired) electrons. The molecule has 0 aromatic heterocycles. The van der Waals surface area contributed by atoms with Crippen LogP contribution in [0.15, 0.2) is 53.8 Å². The first-order chi connectivity index (χ1) is 7.72. The van der Waals surface area contributed by atoms with Crippen molar-refractivity contribution in [2.24, 2.45) is 10.7 Å². The number of aliphatic imine (C=N–C) groups is 1. The SMILES string of the molecule is C=CN=C(/C(C=N)=C\N)c1ccc(Cl)cc1. The monoisotopic (exact) mass is 233 g/mol. The molecular formula is C12H12ClN3. The minimum Gasteiger partial charge on any atom is -0.404 e. The van der Waals surface area contributed by atoms with Crippen LogP contribution >= 0.6 is 11.6 Å². The molecule has 3 nitrogen and oxygen atoms in total. The number of hydrogen-bond acceptors (Lipinski definition) is 3. The number of rotatable bonds is 4. The Labute approximate surface area is 99.5 Å². The first-order valence-corrected chi connectivity index (χ1v) is 4.98. The van der Waals surface area contributed by atoms with Gasteiger partial charge in [0.25, 0.3) is 0 Å². The number of hydrogen-bond donors (Lipinski definition) is 2. The van der Waals surface area contributed by atoms with Gasteiger partial charge in [-0.2, -0.15) is 0 Å². The molecule has 0 atom stereocenters. The first-order valence-electron chi connectivity index (χ1n) is 4.60. The Morgan fingerprint density at radius 2 is 2.00 bits per heavy atom. The Bertz CT molecular complexity index is 444. The molecule has 0 bridgehead atoms. The summed E-state index contributed by atoms with van der Waals surface area (Å²) in [5.74, 6) is 0. The van der Waals surface area contributed by atoms with Crippen LogP contribution in [0.25, 0.3) is 0 Å². The number of halogens is 1. The topological polar surface area (TPSA) is 62.2 Å². The summed E-state index contributed by atoms with van der Waals surface area (Å²) in [6.07, 6.45) is 3.90. The van der Waals surface area contributed by atoms with Crippen LogP contribution < -0.4 is 5.73 Å². The highest BCUT2D eigenvalue weighted by molar-refractivity contribution is 6.31. The average Bonchev–Trinajstić information content (AvgIpc) is 2.31. The van der Waals surface area contributed by atoms with E-state index in [-0.39, 0.29) is 0 Å². The summed E-state index contributed by atoms with van der Waals surface area (Å²) in [4.78, 5) is 4.10. The van der Waals surface area contributed by atoms with Gasteiger partial charge in [-0.3, -0.25) is 4.99 Å². The van der Waals surface area contributed by atoms with Gasteiger partial charge in [0, 0.05) is 34.8 Å². The van der Waals surface area contributed by atoms with Gasteiger partial charge in [-0.05, 0) is 12.1 Å². The second-order valence-corrected chi connectivity index (χ2v) is 3.37. The highest BCUT2D eigenvalue weighted by Crippen LogP contribution is 2.13. The lowest BCUT2D eigenvalue weighted by Crippen LogP contribution is -2.07. The van der Waals surface area contributed by atoms with Gasteiger partial charge in [0.15, 0.2) is 0 Å². The molecule has 0 spiro atoms. The standard InChI is InChI=1S/C12H12ClN3/c1-2-16-12(10(7-14)8-15)9-3-5-11(13)6-4-9/h2-8,14H,1,15H2/b10-8-,14-7?,16-12?. The minimum atomic E-state index is 0.530.